The molecule has 5 atom stereocenters. The van der Waals surface area contributed by atoms with Crippen LogP contribution < -0.4 is 27.0 Å². The first kappa shape index (κ1) is 31.9. The van der Waals surface area contributed by atoms with Gasteiger partial charge in [-0.25, -0.2) is 4.79 Å². The molecule has 210 valence electrons. The van der Waals surface area contributed by atoms with Crippen molar-refractivity contribution in [2.75, 3.05) is 20.3 Å². The number of aliphatic carboxylic acids is 1. The molecule has 0 radical (unpaired) electrons. The molecule has 0 unspecified atom stereocenters. The lowest BCUT2D eigenvalue weighted by Crippen LogP contribution is -2.58. The molecular weight excluding hydrogens is 506 g/mol. The summed E-state index contributed by atoms with van der Waals surface area (Å²) in [4.78, 5) is 72.6. The summed E-state index contributed by atoms with van der Waals surface area (Å²) in [6.45, 7) is -0.283. The number of esters is 1. The third-order valence-corrected chi connectivity index (χ3v) is 5.13. The topological polar surface area (TPSA) is 246 Å². The number of nitrogens with one attached hydrogen (secondary N) is 4. The Bertz CT molecular complexity index is 988. The van der Waals surface area contributed by atoms with Gasteiger partial charge in [0.25, 0.3) is 0 Å². The van der Waals surface area contributed by atoms with Gasteiger partial charge in [-0.1, -0.05) is 30.3 Å². The highest BCUT2D eigenvalue weighted by Gasteiger charge is 2.31. The Hall–Kier alpha value is -4.08. The fourth-order valence-electron chi connectivity index (χ4n) is 3.11. The van der Waals surface area contributed by atoms with Crippen LogP contribution in [0.15, 0.2) is 30.3 Å². The van der Waals surface area contributed by atoms with Crippen molar-refractivity contribution in [3.05, 3.63) is 35.9 Å². The third kappa shape index (κ3) is 10.9. The summed E-state index contributed by atoms with van der Waals surface area (Å²) in [6.07, 6.45) is -2.18. The van der Waals surface area contributed by atoms with E-state index in [0.29, 0.717) is 5.56 Å². The molecule has 0 saturated heterocycles. The van der Waals surface area contributed by atoms with Crippen molar-refractivity contribution in [2.45, 2.75) is 50.0 Å². The Morgan fingerprint density at radius 2 is 1.55 bits per heavy atom. The fourth-order valence-corrected chi connectivity index (χ4v) is 3.11. The van der Waals surface area contributed by atoms with E-state index < -0.39 is 85.4 Å². The first-order valence-electron chi connectivity index (χ1n) is 11.4. The number of hydrogen-bond donors (Lipinski definition) is 8. The van der Waals surface area contributed by atoms with Gasteiger partial charge in [0, 0.05) is 6.42 Å². The average Bonchev–Trinajstić information content (AvgIpc) is 2.88. The number of carbonyl (C=O) groups excluding carboxylic acids is 5. The molecule has 0 fully saturated rings. The average molecular weight is 540 g/mol. The van der Waals surface area contributed by atoms with Gasteiger partial charge >= 0.3 is 11.9 Å². The number of carboxylic acids is 1. The van der Waals surface area contributed by atoms with Gasteiger partial charge in [0.05, 0.1) is 32.8 Å². The van der Waals surface area contributed by atoms with Crippen LogP contribution in [-0.4, -0.2) is 101 Å². The van der Waals surface area contributed by atoms with Crippen LogP contribution in [0.2, 0.25) is 0 Å². The molecule has 0 aliphatic carbocycles. The van der Waals surface area contributed by atoms with Crippen molar-refractivity contribution >= 4 is 35.6 Å². The Kier molecular flexibility index (Phi) is 13.4. The molecule has 0 aliphatic heterocycles. The second-order valence-electron chi connectivity index (χ2n) is 8.23. The summed E-state index contributed by atoms with van der Waals surface area (Å²) < 4.78 is 4.73. The first-order valence-corrected chi connectivity index (χ1v) is 11.4. The lowest BCUT2D eigenvalue weighted by molar-refractivity contribution is -0.145. The maximum atomic E-state index is 12.8. The monoisotopic (exact) mass is 539 g/mol. The van der Waals surface area contributed by atoms with Crippen LogP contribution in [0.4, 0.5) is 0 Å². The maximum absolute atomic E-state index is 12.8. The molecule has 0 aromatic heterocycles. The summed E-state index contributed by atoms with van der Waals surface area (Å²) in [5.74, 6) is -6.07. The van der Waals surface area contributed by atoms with E-state index in [2.05, 4.69) is 21.3 Å². The van der Waals surface area contributed by atoms with Gasteiger partial charge in [-0.15, -0.1) is 0 Å². The molecule has 9 N–H and O–H groups in total. The molecule has 15 nitrogen and oxygen atoms in total. The maximum Gasteiger partial charge on any atom is 0.328 e. The number of amides is 4. The van der Waals surface area contributed by atoms with Crippen LogP contribution in [-0.2, 0) is 39.9 Å². The summed E-state index contributed by atoms with van der Waals surface area (Å²) in [7, 11) is 1.14. The molecule has 1 aromatic rings. The van der Waals surface area contributed by atoms with Gasteiger partial charge < -0.3 is 47.1 Å². The van der Waals surface area contributed by atoms with Crippen LogP contribution in [0.3, 0.4) is 0 Å². The number of carboxylic acid groups (broad SMARTS) is 1. The van der Waals surface area contributed by atoms with E-state index in [-0.39, 0.29) is 6.42 Å². The fraction of sp³-hybridized carbons (Fsp3) is 0.478. The van der Waals surface area contributed by atoms with E-state index >= 15 is 0 Å². The predicted molar refractivity (Wildman–Crippen MR) is 130 cm³/mol. The number of aliphatic hydroxyl groups excluding tert-OH is 2. The normalized spacial score (nSPS) is 14.6. The van der Waals surface area contributed by atoms with Crippen LogP contribution in [0, 0.1) is 0 Å². The third-order valence-electron chi connectivity index (χ3n) is 5.13. The number of carbonyl (C=O) groups is 6. The Morgan fingerprint density at radius 1 is 0.947 bits per heavy atom. The van der Waals surface area contributed by atoms with E-state index in [4.69, 9.17) is 20.7 Å². The number of methoxy groups -OCH3 is 1. The van der Waals surface area contributed by atoms with Gasteiger partial charge in [0.1, 0.15) is 24.2 Å². The van der Waals surface area contributed by atoms with Crippen molar-refractivity contribution in [2.24, 2.45) is 5.73 Å². The van der Waals surface area contributed by atoms with Gasteiger partial charge in [-0.2, -0.15) is 0 Å². The first-order chi connectivity index (χ1) is 17.9. The zero-order chi connectivity index (χ0) is 28.8. The van der Waals surface area contributed by atoms with Crippen LogP contribution in [0.25, 0.3) is 0 Å². The highest BCUT2D eigenvalue weighted by atomic mass is 16.5. The molecule has 0 bridgehead atoms. The number of benzene rings is 1. The molecule has 1 rings (SSSR count). The minimum Gasteiger partial charge on any atom is -0.481 e. The lowest BCUT2D eigenvalue weighted by Gasteiger charge is -2.24. The van der Waals surface area contributed by atoms with Crippen LogP contribution in [0.1, 0.15) is 18.9 Å². The smallest absolute Gasteiger partial charge is 0.328 e. The summed E-state index contributed by atoms with van der Waals surface area (Å²) in [5.41, 5.74) is 6.05. The van der Waals surface area contributed by atoms with Gasteiger partial charge in [0.15, 0.2) is 0 Å². The number of hydrogen-bond acceptors (Lipinski definition) is 10. The van der Waals surface area contributed by atoms with Crippen molar-refractivity contribution < 1.29 is 48.8 Å². The summed E-state index contributed by atoms with van der Waals surface area (Å²) in [6, 6.07) is 3.06. The molecule has 0 aliphatic rings. The highest BCUT2D eigenvalue weighted by Crippen LogP contribution is 2.06. The largest absolute Gasteiger partial charge is 0.481 e. The van der Waals surface area contributed by atoms with Gasteiger partial charge in [-0.05, 0) is 12.5 Å². The van der Waals surface area contributed by atoms with Crippen molar-refractivity contribution in [3.63, 3.8) is 0 Å². The quantitative estimate of drug-likeness (QED) is 0.100. The van der Waals surface area contributed by atoms with Crippen molar-refractivity contribution in [3.8, 4) is 0 Å². The highest BCUT2D eigenvalue weighted by molar-refractivity contribution is 5.95. The van der Waals surface area contributed by atoms with Crippen LogP contribution >= 0.6 is 0 Å². The molecule has 15 heteroatoms. The molecule has 0 saturated carbocycles. The number of aliphatic hydroxyl groups is 2. The summed E-state index contributed by atoms with van der Waals surface area (Å²) in [5, 5.41) is 36.8. The zero-order valence-electron chi connectivity index (χ0n) is 20.9. The van der Waals surface area contributed by atoms with E-state index in [1.165, 1.54) is 6.92 Å². The van der Waals surface area contributed by atoms with Crippen molar-refractivity contribution in [1.29, 1.82) is 0 Å². The molecule has 4 amide bonds. The van der Waals surface area contributed by atoms with E-state index in [1.807, 2.05) is 0 Å². The Labute approximate surface area is 218 Å². The van der Waals surface area contributed by atoms with E-state index in [0.717, 1.165) is 7.11 Å². The Balaban J connectivity index is 2.82. The molecule has 0 spiro atoms. The summed E-state index contributed by atoms with van der Waals surface area (Å²) >= 11 is 0. The molecule has 0 heterocycles. The molecule has 38 heavy (non-hydrogen) atoms. The second-order valence-corrected chi connectivity index (χ2v) is 8.23. The van der Waals surface area contributed by atoms with Crippen LogP contribution in [0.5, 0.6) is 0 Å². The van der Waals surface area contributed by atoms with Crippen molar-refractivity contribution in [1.82, 2.24) is 21.3 Å². The van der Waals surface area contributed by atoms with Gasteiger partial charge in [-0.3, -0.25) is 24.0 Å². The number of nitrogens with two attached hydrogens (primary N) is 1. The Morgan fingerprint density at radius 3 is 2.08 bits per heavy atom. The van der Waals surface area contributed by atoms with Gasteiger partial charge in [0.2, 0.25) is 23.6 Å². The SMILES string of the molecule is COC(=O)[C@H](Cc1ccccc1)NC(=O)[C@@H](NC(=O)CNC(=O)[C@H](CC(=O)O)NC(=O)[C@@H](N)CO)[C@@H](C)O. The number of ether oxygens (including phenoxy) is 1. The molecule has 1 aromatic carbocycles. The predicted octanol–water partition coefficient (Wildman–Crippen LogP) is -3.85. The minimum atomic E-state index is -1.61. The molecular formula is C23H33N5O10. The minimum absolute atomic E-state index is 0.0758. The second kappa shape index (κ2) is 15.9. The standard InChI is InChI=1S/C23H33N5O10/c1-12(30)19(22(36)27-16(23(37)38-2)8-13-6-4-3-5-7-13)28-17(31)10-25-21(35)15(9-18(32)33)26-20(34)14(24)11-29/h3-7,12,14-16,19,29-30H,8-11,24H2,1-2H3,(H,25,35)(H,26,34)(H,27,36)(H,28,31)(H,32,33)/t12-,14+,15+,16+,19+/m1/s1. The zero-order valence-corrected chi connectivity index (χ0v) is 20.9. The number of rotatable bonds is 15. The van der Waals surface area contributed by atoms with E-state index in [9.17, 15) is 33.9 Å². The lowest BCUT2D eigenvalue weighted by atomic mass is 10.0. The van der Waals surface area contributed by atoms with E-state index in [1.54, 1.807) is 30.3 Å².